The molecule has 1 saturated carbocycles. The summed E-state index contributed by atoms with van der Waals surface area (Å²) >= 11 is 0. The van der Waals surface area contributed by atoms with Crippen molar-refractivity contribution in [1.29, 1.82) is 0 Å². The highest BCUT2D eigenvalue weighted by Crippen LogP contribution is 2.58. The fourth-order valence-electron chi connectivity index (χ4n) is 4.22. The normalized spacial score (nSPS) is 23.6. The molecule has 2 aliphatic heterocycles. The van der Waals surface area contributed by atoms with Crippen molar-refractivity contribution < 1.29 is 4.79 Å². The summed E-state index contributed by atoms with van der Waals surface area (Å²) in [6, 6.07) is 0. The average molecular weight is 375 g/mol. The molecule has 0 radical (unpaired) electrons. The second kappa shape index (κ2) is 8.07. The number of aromatic nitrogens is 2. The third-order valence-corrected chi connectivity index (χ3v) is 5.74. The van der Waals surface area contributed by atoms with E-state index < -0.39 is 0 Å². The molecule has 136 valence electrons. The molecule has 2 fully saturated rings. The Kier molecular flexibility index (Phi) is 6.57. The van der Waals surface area contributed by atoms with Crippen LogP contribution in [0.2, 0.25) is 0 Å². The summed E-state index contributed by atoms with van der Waals surface area (Å²) in [7, 11) is 0. The predicted molar refractivity (Wildman–Crippen MR) is 99.0 cm³/mol. The standard InChI is InChI=1S/C17H26N4O.2ClH/c22-16(14-11-17(14)5-8-18-9-6-17)19-7-4-13-12-21-10-2-1-3-15(21)20-13;;/h12,14,18H,1-11H2,(H,19,22);2*1H. The lowest BCUT2D eigenvalue weighted by molar-refractivity contribution is -0.123. The number of hydrogen-bond donors (Lipinski definition) is 2. The van der Waals surface area contributed by atoms with Crippen molar-refractivity contribution in [1.82, 2.24) is 20.2 Å². The minimum Gasteiger partial charge on any atom is -0.355 e. The van der Waals surface area contributed by atoms with Gasteiger partial charge in [0.25, 0.3) is 0 Å². The fraction of sp³-hybridized carbons (Fsp3) is 0.765. The van der Waals surface area contributed by atoms with E-state index in [4.69, 9.17) is 4.98 Å². The van der Waals surface area contributed by atoms with Crippen LogP contribution in [-0.4, -0.2) is 35.1 Å². The zero-order chi connectivity index (χ0) is 15.0. The number of aryl methyl sites for hydroxylation is 2. The van der Waals surface area contributed by atoms with Crippen molar-refractivity contribution in [3.8, 4) is 0 Å². The molecule has 4 rings (SSSR count). The van der Waals surface area contributed by atoms with Gasteiger partial charge in [-0.25, -0.2) is 4.98 Å². The van der Waals surface area contributed by atoms with Gasteiger partial charge in [0.05, 0.1) is 5.69 Å². The third-order valence-electron chi connectivity index (χ3n) is 5.74. The van der Waals surface area contributed by atoms with Gasteiger partial charge in [-0.05, 0) is 50.6 Å². The first-order valence-corrected chi connectivity index (χ1v) is 8.80. The van der Waals surface area contributed by atoms with E-state index in [1.54, 1.807) is 0 Å². The lowest BCUT2D eigenvalue weighted by Gasteiger charge is -2.23. The molecule has 1 aromatic rings. The van der Waals surface area contributed by atoms with Crippen LogP contribution in [0.1, 0.15) is 43.6 Å². The number of rotatable bonds is 4. The SMILES string of the molecule is Cl.Cl.O=C(NCCc1cn2c(n1)CCCC2)C1CC12CCNCC2. The molecule has 1 spiro atoms. The number of nitrogens with zero attached hydrogens (tertiary/aromatic N) is 2. The Morgan fingerprint density at radius 1 is 1.33 bits per heavy atom. The maximum Gasteiger partial charge on any atom is 0.223 e. The number of fused-ring (bicyclic) bond motifs is 1. The number of amides is 1. The zero-order valence-corrected chi connectivity index (χ0v) is 15.7. The largest absolute Gasteiger partial charge is 0.355 e. The van der Waals surface area contributed by atoms with Crippen molar-refractivity contribution in [2.75, 3.05) is 19.6 Å². The van der Waals surface area contributed by atoms with Crippen LogP contribution < -0.4 is 10.6 Å². The highest BCUT2D eigenvalue weighted by atomic mass is 35.5. The molecule has 0 aromatic carbocycles. The van der Waals surface area contributed by atoms with Crippen molar-refractivity contribution in [2.24, 2.45) is 11.3 Å². The number of halogens is 2. The second-order valence-corrected chi connectivity index (χ2v) is 7.21. The Labute approximate surface area is 156 Å². The van der Waals surface area contributed by atoms with Gasteiger partial charge in [0.2, 0.25) is 5.91 Å². The molecule has 1 aliphatic carbocycles. The van der Waals surface area contributed by atoms with E-state index in [1.807, 2.05) is 0 Å². The maximum atomic E-state index is 12.3. The molecule has 7 heteroatoms. The lowest BCUT2D eigenvalue weighted by atomic mass is 9.92. The molecular weight excluding hydrogens is 347 g/mol. The number of hydrogen-bond acceptors (Lipinski definition) is 3. The van der Waals surface area contributed by atoms with Crippen molar-refractivity contribution in [2.45, 2.75) is 51.5 Å². The Morgan fingerprint density at radius 3 is 2.88 bits per heavy atom. The summed E-state index contributed by atoms with van der Waals surface area (Å²) < 4.78 is 2.28. The molecular formula is C17H28Cl2N4O. The van der Waals surface area contributed by atoms with Gasteiger partial charge >= 0.3 is 0 Å². The van der Waals surface area contributed by atoms with Crippen molar-refractivity contribution in [3.63, 3.8) is 0 Å². The molecule has 3 heterocycles. The van der Waals surface area contributed by atoms with E-state index >= 15 is 0 Å². The number of piperidine rings is 1. The first kappa shape index (κ1) is 19.5. The predicted octanol–water partition coefficient (Wildman–Crippen LogP) is 2.11. The number of nitrogens with one attached hydrogen (secondary N) is 2. The van der Waals surface area contributed by atoms with Crippen LogP contribution in [0.25, 0.3) is 0 Å². The van der Waals surface area contributed by atoms with Gasteiger partial charge in [-0.3, -0.25) is 4.79 Å². The van der Waals surface area contributed by atoms with Gasteiger partial charge in [-0.1, -0.05) is 0 Å². The third kappa shape index (κ3) is 3.89. The summed E-state index contributed by atoms with van der Waals surface area (Å²) in [5.74, 6) is 1.76. The van der Waals surface area contributed by atoms with E-state index in [-0.39, 0.29) is 36.6 Å². The molecule has 1 amide bonds. The van der Waals surface area contributed by atoms with Crippen LogP contribution in [0.3, 0.4) is 0 Å². The lowest BCUT2D eigenvalue weighted by Crippen LogP contribution is -2.34. The molecule has 0 bridgehead atoms. The van der Waals surface area contributed by atoms with E-state index in [1.165, 1.54) is 31.5 Å². The van der Waals surface area contributed by atoms with Gasteiger partial charge < -0.3 is 15.2 Å². The molecule has 1 aromatic heterocycles. The van der Waals surface area contributed by atoms with E-state index in [9.17, 15) is 4.79 Å². The van der Waals surface area contributed by atoms with Crippen LogP contribution in [0.4, 0.5) is 0 Å². The monoisotopic (exact) mass is 374 g/mol. The Hall–Kier alpha value is -0.780. The summed E-state index contributed by atoms with van der Waals surface area (Å²) in [5, 5.41) is 6.52. The van der Waals surface area contributed by atoms with Crippen LogP contribution in [-0.2, 0) is 24.2 Å². The summed E-state index contributed by atoms with van der Waals surface area (Å²) in [5.41, 5.74) is 1.47. The first-order valence-electron chi connectivity index (χ1n) is 8.80. The van der Waals surface area contributed by atoms with Gasteiger partial charge in [0.1, 0.15) is 5.82 Å². The molecule has 1 unspecified atom stereocenters. The topological polar surface area (TPSA) is 59.0 Å². The van der Waals surface area contributed by atoms with Crippen LogP contribution in [0.15, 0.2) is 6.20 Å². The quantitative estimate of drug-likeness (QED) is 0.848. The van der Waals surface area contributed by atoms with Gasteiger partial charge in [-0.2, -0.15) is 0 Å². The summed E-state index contributed by atoms with van der Waals surface area (Å²) in [6.07, 6.45) is 10.1. The van der Waals surface area contributed by atoms with Gasteiger partial charge in [0, 0.05) is 38.0 Å². The molecule has 1 saturated heterocycles. The van der Waals surface area contributed by atoms with Crippen molar-refractivity contribution >= 4 is 30.7 Å². The van der Waals surface area contributed by atoms with Gasteiger partial charge in [0.15, 0.2) is 0 Å². The molecule has 1 atom stereocenters. The Morgan fingerprint density at radius 2 is 2.12 bits per heavy atom. The van der Waals surface area contributed by atoms with Crippen molar-refractivity contribution in [3.05, 3.63) is 17.7 Å². The van der Waals surface area contributed by atoms with Crippen LogP contribution in [0, 0.1) is 11.3 Å². The first-order chi connectivity index (χ1) is 10.8. The molecule has 2 N–H and O–H groups in total. The smallest absolute Gasteiger partial charge is 0.223 e. The highest BCUT2D eigenvalue weighted by molar-refractivity contribution is 5.85. The van der Waals surface area contributed by atoms with Crippen LogP contribution >= 0.6 is 24.8 Å². The number of carbonyl (C=O) groups excluding carboxylic acids is 1. The number of imidazole rings is 1. The zero-order valence-electron chi connectivity index (χ0n) is 14.1. The molecule has 5 nitrogen and oxygen atoms in total. The second-order valence-electron chi connectivity index (χ2n) is 7.21. The minimum absolute atomic E-state index is 0. The molecule has 24 heavy (non-hydrogen) atoms. The summed E-state index contributed by atoms with van der Waals surface area (Å²) in [6.45, 7) is 3.97. The highest BCUT2D eigenvalue weighted by Gasteiger charge is 2.57. The number of carbonyl (C=O) groups is 1. The summed E-state index contributed by atoms with van der Waals surface area (Å²) in [4.78, 5) is 17.0. The Balaban J connectivity index is 0.00000104. The van der Waals surface area contributed by atoms with Gasteiger partial charge in [-0.15, -0.1) is 24.8 Å². The van der Waals surface area contributed by atoms with E-state index in [2.05, 4.69) is 21.4 Å². The minimum atomic E-state index is 0. The molecule has 3 aliphatic rings. The van der Waals surface area contributed by atoms with Crippen LogP contribution in [0.5, 0.6) is 0 Å². The maximum absolute atomic E-state index is 12.3. The van der Waals surface area contributed by atoms with E-state index in [0.29, 0.717) is 5.41 Å². The average Bonchev–Trinajstić information content (AvgIpc) is 3.06. The van der Waals surface area contributed by atoms with E-state index in [0.717, 1.165) is 51.1 Å². The Bertz CT molecular complexity index is 545. The fourth-order valence-corrected chi connectivity index (χ4v) is 4.22.